The number of hydrogen-bond donors (Lipinski definition) is 0. The fourth-order valence-corrected chi connectivity index (χ4v) is 8.33. The molecule has 46 heavy (non-hydrogen) atoms. The number of rotatable bonds is 4. The highest BCUT2D eigenvalue weighted by Gasteiger charge is 2.34. The molecule has 0 saturated heterocycles. The van der Waals surface area contributed by atoms with Crippen molar-refractivity contribution in [2.45, 2.75) is 39.3 Å². The molecule has 3 aromatic rings. The number of allylic oxidation sites excluding steroid dienone is 7. The number of fused-ring (bicyclic) bond motifs is 2. The minimum atomic E-state index is -1.73. The van der Waals surface area contributed by atoms with Crippen molar-refractivity contribution >= 4 is 60.1 Å². The second kappa shape index (κ2) is 11.5. The number of nitrogens with zero attached hydrogens (tertiary/aromatic N) is 6. The first-order chi connectivity index (χ1) is 21.8. The van der Waals surface area contributed by atoms with E-state index in [-0.39, 0.29) is 11.4 Å². The van der Waals surface area contributed by atoms with Gasteiger partial charge in [-0.3, -0.25) is 0 Å². The van der Waals surface area contributed by atoms with Crippen molar-refractivity contribution in [2.75, 3.05) is 0 Å². The maximum atomic E-state index is 10.4. The van der Waals surface area contributed by atoms with Gasteiger partial charge in [0.05, 0.1) is 53.6 Å². The molecule has 0 bridgehead atoms. The topological polar surface area (TPSA) is 84.5 Å². The molecule has 3 aromatic carbocycles. The molecule has 0 unspecified atom stereocenters. The molecular formula is C38H28N6Si2. The van der Waals surface area contributed by atoms with Crippen LogP contribution in [0.2, 0.25) is 39.3 Å². The summed E-state index contributed by atoms with van der Waals surface area (Å²) < 4.78 is 0. The van der Waals surface area contributed by atoms with Gasteiger partial charge in [-0.15, -0.1) is 0 Å². The van der Waals surface area contributed by atoms with Crippen molar-refractivity contribution in [1.82, 2.24) is 0 Å². The van der Waals surface area contributed by atoms with E-state index in [0.29, 0.717) is 55.8 Å². The van der Waals surface area contributed by atoms with Crippen LogP contribution >= 0.6 is 0 Å². The molecule has 0 atom stereocenters. The monoisotopic (exact) mass is 624 g/mol. The van der Waals surface area contributed by atoms with Crippen LogP contribution in [0.15, 0.2) is 72.1 Å². The number of hydrogen-bond acceptors (Lipinski definition) is 3. The molecule has 2 aliphatic rings. The van der Waals surface area contributed by atoms with Crippen molar-refractivity contribution in [3.63, 3.8) is 0 Å². The van der Waals surface area contributed by atoms with Crippen LogP contribution in [0.3, 0.4) is 0 Å². The highest BCUT2D eigenvalue weighted by atomic mass is 28.3. The zero-order chi connectivity index (χ0) is 33.6. The Hall–Kier alpha value is -6.01. The van der Waals surface area contributed by atoms with Gasteiger partial charge in [-0.1, -0.05) is 110 Å². The SMILES string of the molecule is [C-]#[N+]C1=C(c2ccc(C3=C(C#N)c4cc([Si](C)(C)C)ccc4/C3=C(/C#N)[N+]#[C-])cc2)/C(=C(/C#N)[N+]#[C-])c2ccc([Si](C)(C)C)cc21. The summed E-state index contributed by atoms with van der Waals surface area (Å²) >= 11 is 0. The Morgan fingerprint density at radius 2 is 1.02 bits per heavy atom. The summed E-state index contributed by atoms with van der Waals surface area (Å²) in [6.45, 7) is 37.0. The highest BCUT2D eigenvalue weighted by Crippen LogP contribution is 2.51. The highest BCUT2D eigenvalue weighted by molar-refractivity contribution is 6.89. The maximum Gasteiger partial charge on any atom is 0.270 e. The van der Waals surface area contributed by atoms with Crippen molar-refractivity contribution < 1.29 is 0 Å². The van der Waals surface area contributed by atoms with Crippen molar-refractivity contribution in [2.24, 2.45) is 0 Å². The zero-order valence-corrected chi connectivity index (χ0v) is 28.5. The first-order valence-corrected chi connectivity index (χ1v) is 21.6. The van der Waals surface area contributed by atoms with Crippen LogP contribution in [0.1, 0.15) is 33.4 Å². The van der Waals surface area contributed by atoms with Crippen LogP contribution < -0.4 is 10.4 Å². The average molecular weight is 625 g/mol. The summed E-state index contributed by atoms with van der Waals surface area (Å²) in [6.07, 6.45) is 0. The fourth-order valence-electron chi connectivity index (χ4n) is 6.01. The van der Waals surface area contributed by atoms with E-state index in [9.17, 15) is 15.8 Å². The summed E-state index contributed by atoms with van der Waals surface area (Å²) in [5.41, 5.74) is 6.67. The quantitative estimate of drug-likeness (QED) is 0.166. The molecule has 0 fully saturated rings. The van der Waals surface area contributed by atoms with Crippen LogP contribution in [0, 0.1) is 53.7 Å². The minimum absolute atomic E-state index is 0.0837. The Kier molecular flexibility index (Phi) is 7.85. The van der Waals surface area contributed by atoms with Gasteiger partial charge < -0.3 is 0 Å². The van der Waals surface area contributed by atoms with Gasteiger partial charge in [0.15, 0.2) is 0 Å². The molecule has 0 heterocycles. The lowest BCUT2D eigenvalue weighted by atomic mass is 9.91. The second-order valence-electron chi connectivity index (χ2n) is 13.2. The first kappa shape index (κ1) is 31.4. The smallest absolute Gasteiger partial charge is 0.237 e. The lowest BCUT2D eigenvalue weighted by Gasteiger charge is -2.18. The van der Waals surface area contributed by atoms with E-state index < -0.39 is 16.1 Å². The van der Waals surface area contributed by atoms with Gasteiger partial charge in [0, 0.05) is 5.57 Å². The third-order valence-corrected chi connectivity index (χ3v) is 12.5. The molecule has 2 aliphatic carbocycles. The van der Waals surface area contributed by atoms with Gasteiger partial charge >= 0.3 is 0 Å². The average Bonchev–Trinajstić information content (AvgIpc) is 3.53. The predicted molar refractivity (Wildman–Crippen MR) is 189 cm³/mol. The van der Waals surface area contributed by atoms with Crippen molar-refractivity contribution in [3.8, 4) is 18.2 Å². The second-order valence-corrected chi connectivity index (χ2v) is 23.3. The van der Waals surface area contributed by atoms with E-state index in [1.54, 1.807) is 0 Å². The van der Waals surface area contributed by atoms with E-state index in [0.717, 1.165) is 11.1 Å². The number of benzene rings is 3. The normalized spacial score (nSPS) is 15.8. The largest absolute Gasteiger partial charge is 0.270 e. The molecule has 0 N–H and O–H groups in total. The molecule has 0 aromatic heterocycles. The molecule has 218 valence electrons. The predicted octanol–water partition coefficient (Wildman–Crippen LogP) is 8.33. The third kappa shape index (κ3) is 5.00. The Morgan fingerprint density at radius 1 is 0.587 bits per heavy atom. The van der Waals surface area contributed by atoms with Gasteiger partial charge in [0.2, 0.25) is 5.70 Å². The lowest BCUT2D eigenvalue weighted by Crippen LogP contribution is -2.37. The Labute approximate surface area is 272 Å². The van der Waals surface area contributed by atoms with Crippen LogP contribution in [0.4, 0.5) is 0 Å². The number of nitriles is 3. The summed E-state index contributed by atoms with van der Waals surface area (Å²) in [6, 6.07) is 25.7. The van der Waals surface area contributed by atoms with E-state index in [4.69, 9.17) is 19.7 Å². The van der Waals surface area contributed by atoms with Crippen LogP contribution in [-0.2, 0) is 0 Å². The summed E-state index contributed by atoms with van der Waals surface area (Å²) in [4.78, 5) is 11.0. The Balaban J connectivity index is 1.76. The Bertz CT molecular complexity index is 2070. The van der Waals surface area contributed by atoms with E-state index >= 15 is 0 Å². The maximum absolute atomic E-state index is 10.4. The standard InChI is InChI=1S/C38H28N6Si2/c1-42-32(21-40)36-27-16-14-25(45(4,5)6)18-29(27)31(20-39)34(36)23-10-12-24(13-11-23)35-37(33(22-41)43-2)28-17-15-26(46(7,8)9)19-30(28)38(35)44-3/h10-19H,4-9H3/b36-32+,37-33-. The van der Waals surface area contributed by atoms with Crippen molar-refractivity contribution in [1.29, 1.82) is 15.8 Å². The molecule has 5 rings (SSSR count). The van der Waals surface area contributed by atoms with Gasteiger partial charge in [-0.25, -0.2) is 25.1 Å². The summed E-state index contributed by atoms with van der Waals surface area (Å²) in [5.74, 6) is 0. The molecule has 0 amide bonds. The third-order valence-electron chi connectivity index (χ3n) is 8.42. The van der Waals surface area contributed by atoms with E-state index in [1.165, 1.54) is 10.4 Å². The Morgan fingerprint density at radius 3 is 1.43 bits per heavy atom. The molecule has 8 heteroatoms. The van der Waals surface area contributed by atoms with Gasteiger partial charge in [-0.05, 0) is 50.1 Å². The molecule has 0 saturated carbocycles. The van der Waals surface area contributed by atoms with Gasteiger partial charge in [-0.2, -0.15) is 5.26 Å². The van der Waals surface area contributed by atoms with E-state index in [2.05, 4.69) is 59.9 Å². The molecule has 0 radical (unpaired) electrons. The van der Waals surface area contributed by atoms with Gasteiger partial charge in [0.1, 0.15) is 6.07 Å². The summed E-state index contributed by atoms with van der Waals surface area (Å²) in [5, 5.41) is 32.6. The molecular weight excluding hydrogens is 597 g/mol. The zero-order valence-electron chi connectivity index (χ0n) is 26.5. The van der Waals surface area contributed by atoms with E-state index in [1.807, 2.05) is 72.8 Å². The molecule has 6 nitrogen and oxygen atoms in total. The van der Waals surface area contributed by atoms with Crippen molar-refractivity contribution in [3.05, 3.63) is 140 Å². The summed E-state index contributed by atoms with van der Waals surface area (Å²) in [7, 11) is -3.46. The van der Waals surface area contributed by atoms with Crippen LogP contribution in [0.5, 0.6) is 0 Å². The fraction of sp³-hybridized carbons (Fsp3) is 0.158. The van der Waals surface area contributed by atoms with Gasteiger partial charge in [0.25, 0.3) is 11.4 Å². The molecule has 0 spiro atoms. The van der Waals surface area contributed by atoms with Crippen LogP contribution in [-0.4, -0.2) is 16.1 Å². The minimum Gasteiger partial charge on any atom is -0.237 e. The lowest BCUT2D eigenvalue weighted by molar-refractivity contribution is 1.49. The molecule has 0 aliphatic heterocycles. The first-order valence-electron chi connectivity index (χ1n) is 14.6. The van der Waals surface area contributed by atoms with Crippen LogP contribution in [0.25, 0.3) is 48.1 Å².